The quantitative estimate of drug-likeness (QED) is 0.452. The zero-order valence-corrected chi connectivity index (χ0v) is 8.47. The van der Waals surface area contributed by atoms with E-state index in [1.165, 1.54) is 0 Å². The van der Waals surface area contributed by atoms with E-state index in [0.29, 0.717) is 6.41 Å². The highest BCUT2D eigenvalue weighted by atomic mass is 32.2. The molecule has 0 aliphatic rings. The SMILES string of the molecule is CSCCCC(CC(=O)O)NC=O. The molecule has 0 rings (SSSR count). The van der Waals surface area contributed by atoms with Gasteiger partial charge in [0.25, 0.3) is 0 Å². The minimum atomic E-state index is -0.872. The van der Waals surface area contributed by atoms with Crippen LogP contribution in [0.25, 0.3) is 0 Å². The molecule has 1 amide bonds. The van der Waals surface area contributed by atoms with Gasteiger partial charge in [-0.1, -0.05) is 0 Å². The molecule has 1 unspecified atom stereocenters. The van der Waals surface area contributed by atoms with Crippen LogP contribution in [0.3, 0.4) is 0 Å². The highest BCUT2D eigenvalue weighted by molar-refractivity contribution is 7.98. The summed E-state index contributed by atoms with van der Waals surface area (Å²) in [6.07, 6.45) is 4.23. The molecule has 5 heteroatoms. The summed E-state index contributed by atoms with van der Waals surface area (Å²) in [5.74, 6) is 0.125. The fourth-order valence-corrected chi connectivity index (χ4v) is 1.48. The number of nitrogens with one attached hydrogen (secondary N) is 1. The molecule has 0 radical (unpaired) electrons. The number of rotatable bonds is 8. The van der Waals surface area contributed by atoms with Gasteiger partial charge in [0.05, 0.1) is 6.42 Å². The summed E-state index contributed by atoms with van der Waals surface area (Å²) < 4.78 is 0. The Morgan fingerprint density at radius 1 is 1.69 bits per heavy atom. The number of thioether (sulfide) groups is 1. The molecule has 0 saturated heterocycles. The molecule has 0 aliphatic carbocycles. The number of carbonyl (C=O) groups is 2. The van der Waals surface area contributed by atoms with Crippen LogP contribution in [0.4, 0.5) is 0 Å². The minimum absolute atomic E-state index is 0.00706. The van der Waals surface area contributed by atoms with Crippen LogP contribution in [0.2, 0.25) is 0 Å². The van der Waals surface area contributed by atoms with Gasteiger partial charge in [-0.25, -0.2) is 0 Å². The number of aliphatic carboxylic acids is 1. The van der Waals surface area contributed by atoms with Gasteiger partial charge in [-0.15, -0.1) is 0 Å². The van der Waals surface area contributed by atoms with Crippen LogP contribution in [-0.4, -0.2) is 35.5 Å². The first-order valence-corrected chi connectivity index (χ1v) is 5.50. The van der Waals surface area contributed by atoms with E-state index in [1.54, 1.807) is 11.8 Å². The fourth-order valence-electron chi connectivity index (χ4n) is 1.03. The van der Waals surface area contributed by atoms with Crippen molar-refractivity contribution in [3.8, 4) is 0 Å². The molecule has 0 fully saturated rings. The van der Waals surface area contributed by atoms with Crippen molar-refractivity contribution in [2.75, 3.05) is 12.0 Å². The Labute approximate surface area is 82.1 Å². The lowest BCUT2D eigenvalue weighted by Gasteiger charge is -2.12. The molecule has 1 atom stereocenters. The zero-order valence-electron chi connectivity index (χ0n) is 7.66. The predicted molar refractivity (Wildman–Crippen MR) is 52.9 cm³/mol. The Bertz CT molecular complexity index is 163. The number of carboxylic acid groups (broad SMARTS) is 1. The third-order valence-electron chi connectivity index (χ3n) is 1.63. The van der Waals surface area contributed by atoms with Gasteiger partial charge in [-0.2, -0.15) is 11.8 Å². The second-order valence-electron chi connectivity index (χ2n) is 2.71. The van der Waals surface area contributed by atoms with Crippen molar-refractivity contribution < 1.29 is 14.7 Å². The molecule has 0 saturated carbocycles. The van der Waals surface area contributed by atoms with E-state index in [2.05, 4.69) is 5.32 Å². The number of carbonyl (C=O) groups excluding carboxylic acids is 1. The van der Waals surface area contributed by atoms with Crippen LogP contribution in [0, 0.1) is 0 Å². The average Bonchev–Trinajstić information content (AvgIpc) is 2.04. The Kier molecular flexibility index (Phi) is 7.48. The monoisotopic (exact) mass is 205 g/mol. The van der Waals surface area contributed by atoms with Crippen molar-refractivity contribution in [2.24, 2.45) is 0 Å². The first-order chi connectivity index (χ1) is 6.20. The van der Waals surface area contributed by atoms with Crippen molar-refractivity contribution >= 4 is 24.1 Å². The van der Waals surface area contributed by atoms with E-state index in [4.69, 9.17) is 5.11 Å². The van der Waals surface area contributed by atoms with Gasteiger partial charge in [0.2, 0.25) is 6.41 Å². The maximum Gasteiger partial charge on any atom is 0.305 e. The highest BCUT2D eigenvalue weighted by Gasteiger charge is 2.10. The van der Waals surface area contributed by atoms with Crippen LogP contribution >= 0.6 is 11.8 Å². The lowest BCUT2D eigenvalue weighted by Crippen LogP contribution is -2.30. The Hall–Kier alpha value is -0.710. The average molecular weight is 205 g/mol. The lowest BCUT2D eigenvalue weighted by molar-refractivity contribution is -0.137. The third kappa shape index (κ3) is 7.64. The molecule has 0 aromatic rings. The summed E-state index contributed by atoms with van der Waals surface area (Å²) in [6.45, 7) is 0. The molecule has 13 heavy (non-hydrogen) atoms. The summed E-state index contributed by atoms with van der Waals surface area (Å²) in [7, 11) is 0. The second kappa shape index (κ2) is 7.91. The third-order valence-corrected chi connectivity index (χ3v) is 2.32. The fraction of sp³-hybridized carbons (Fsp3) is 0.750. The normalized spacial score (nSPS) is 12.1. The van der Waals surface area contributed by atoms with Crippen LogP contribution in [0.5, 0.6) is 0 Å². The van der Waals surface area contributed by atoms with E-state index in [0.717, 1.165) is 18.6 Å². The molecule has 0 aromatic carbocycles. The topological polar surface area (TPSA) is 66.4 Å². The molecule has 76 valence electrons. The van der Waals surface area contributed by atoms with E-state index >= 15 is 0 Å². The van der Waals surface area contributed by atoms with Crippen LogP contribution in [0.15, 0.2) is 0 Å². The van der Waals surface area contributed by atoms with E-state index in [1.807, 2.05) is 6.26 Å². The molecular weight excluding hydrogens is 190 g/mol. The summed E-state index contributed by atoms with van der Waals surface area (Å²) in [5, 5.41) is 11.0. The maximum atomic E-state index is 10.4. The van der Waals surface area contributed by atoms with E-state index in [9.17, 15) is 9.59 Å². The summed E-state index contributed by atoms with van der Waals surface area (Å²) >= 11 is 1.72. The van der Waals surface area contributed by atoms with Gasteiger partial charge in [0.1, 0.15) is 0 Å². The molecule has 4 nitrogen and oxygen atoms in total. The first kappa shape index (κ1) is 12.3. The minimum Gasteiger partial charge on any atom is -0.481 e. The van der Waals surface area contributed by atoms with E-state index in [-0.39, 0.29) is 12.5 Å². The number of amides is 1. The van der Waals surface area contributed by atoms with Gasteiger partial charge in [0.15, 0.2) is 0 Å². The summed E-state index contributed by atoms with van der Waals surface area (Å²) in [4.78, 5) is 20.5. The summed E-state index contributed by atoms with van der Waals surface area (Å²) in [6, 6.07) is -0.220. The van der Waals surface area contributed by atoms with Crippen molar-refractivity contribution in [3.05, 3.63) is 0 Å². The molecule has 0 spiro atoms. The zero-order chi connectivity index (χ0) is 10.1. The number of carboxylic acids is 1. The standard InChI is InChI=1S/C8H15NO3S/c1-13-4-2-3-7(9-6-10)5-8(11)12/h6-7H,2-5H2,1H3,(H,9,10)(H,11,12). The highest BCUT2D eigenvalue weighted by Crippen LogP contribution is 2.05. The van der Waals surface area contributed by atoms with Crippen LogP contribution in [-0.2, 0) is 9.59 Å². The second-order valence-corrected chi connectivity index (χ2v) is 3.70. The van der Waals surface area contributed by atoms with Gasteiger partial charge in [-0.05, 0) is 24.9 Å². The first-order valence-electron chi connectivity index (χ1n) is 4.11. The smallest absolute Gasteiger partial charge is 0.305 e. The van der Waals surface area contributed by atoms with Crippen molar-refractivity contribution in [3.63, 3.8) is 0 Å². The largest absolute Gasteiger partial charge is 0.481 e. The molecule has 2 N–H and O–H groups in total. The van der Waals surface area contributed by atoms with Gasteiger partial charge >= 0.3 is 5.97 Å². The summed E-state index contributed by atoms with van der Waals surface area (Å²) in [5.41, 5.74) is 0. The van der Waals surface area contributed by atoms with Crippen LogP contribution in [0.1, 0.15) is 19.3 Å². The maximum absolute atomic E-state index is 10.4. The predicted octanol–water partition coefficient (Wildman–Crippen LogP) is 0.719. The van der Waals surface area contributed by atoms with Crippen LogP contribution < -0.4 is 5.32 Å². The van der Waals surface area contributed by atoms with Crippen molar-refractivity contribution in [2.45, 2.75) is 25.3 Å². The molecule has 0 bridgehead atoms. The Morgan fingerprint density at radius 2 is 2.38 bits per heavy atom. The van der Waals surface area contributed by atoms with Crippen molar-refractivity contribution in [1.29, 1.82) is 0 Å². The molecule has 0 aromatic heterocycles. The molecule has 0 heterocycles. The lowest BCUT2D eigenvalue weighted by atomic mass is 10.1. The van der Waals surface area contributed by atoms with Gasteiger partial charge in [-0.3, -0.25) is 9.59 Å². The van der Waals surface area contributed by atoms with E-state index < -0.39 is 5.97 Å². The number of hydrogen-bond acceptors (Lipinski definition) is 3. The van der Waals surface area contributed by atoms with Gasteiger partial charge < -0.3 is 10.4 Å². The Morgan fingerprint density at radius 3 is 2.85 bits per heavy atom. The molecular formula is C8H15NO3S. The molecule has 0 aliphatic heterocycles. The van der Waals surface area contributed by atoms with Crippen molar-refractivity contribution in [1.82, 2.24) is 5.32 Å². The number of hydrogen-bond donors (Lipinski definition) is 2. The Balaban J connectivity index is 3.65. The van der Waals surface area contributed by atoms with Gasteiger partial charge in [0, 0.05) is 6.04 Å².